The van der Waals surface area contributed by atoms with Crippen molar-refractivity contribution in [3.8, 4) is 5.88 Å². The highest BCUT2D eigenvalue weighted by atomic mass is 16.5. The van der Waals surface area contributed by atoms with E-state index in [9.17, 15) is 5.11 Å². The molecule has 5 nitrogen and oxygen atoms in total. The Morgan fingerprint density at radius 3 is 2.94 bits per heavy atom. The maximum absolute atomic E-state index is 9.72. The molecule has 0 radical (unpaired) electrons. The van der Waals surface area contributed by atoms with E-state index in [1.165, 1.54) is 0 Å². The van der Waals surface area contributed by atoms with Gasteiger partial charge in [-0.2, -0.15) is 4.98 Å². The van der Waals surface area contributed by atoms with Crippen LogP contribution < -0.4 is 10.1 Å². The van der Waals surface area contributed by atoms with E-state index in [4.69, 9.17) is 4.74 Å². The van der Waals surface area contributed by atoms with Crippen molar-refractivity contribution in [1.82, 2.24) is 9.97 Å². The maximum atomic E-state index is 9.72. The van der Waals surface area contributed by atoms with Crippen molar-refractivity contribution in [2.45, 2.75) is 32.3 Å². The molecule has 1 aliphatic rings. The molecule has 2 rings (SSSR count). The van der Waals surface area contributed by atoms with Crippen molar-refractivity contribution >= 4 is 5.82 Å². The van der Waals surface area contributed by atoms with Gasteiger partial charge in [-0.3, -0.25) is 0 Å². The maximum Gasteiger partial charge on any atom is 0.218 e. The first kappa shape index (κ1) is 12.1. The van der Waals surface area contributed by atoms with Crippen LogP contribution in [-0.4, -0.2) is 34.8 Å². The minimum absolute atomic E-state index is 0.174. The normalized spacial score (nSPS) is 23.7. The molecule has 2 N–H and O–H groups in total. The van der Waals surface area contributed by atoms with Crippen LogP contribution in [-0.2, 0) is 0 Å². The van der Waals surface area contributed by atoms with Crippen molar-refractivity contribution in [1.29, 1.82) is 0 Å². The average Bonchev–Trinajstić information content (AvgIpc) is 2.71. The summed E-state index contributed by atoms with van der Waals surface area (Å²) >= 11 is 0. The lowest BCUT2D eigenvalue weighted by Crippen LogP contribution is -2.22. The summed E-state index contributed by atoms with van der Waals surface area (Å²) in [5.74, 6) is 2.33. The van der Waals surface area contributed by atoms with E-state index in [0.717, 1.165) is 31.6 Å². The minimum atomic E-state index is -0.174. The summed E-state index contributed by atoms with van der Waals surface area (Å²) in [6, 6.07) is 1.77. The second-order valence-electron chi connectivity index (χ2n) is 4.48. The van der Waals surface area contributed by atoms with E-state index in [1.54, 1.807) is 13.2 Å². The zero-order chi connectivity index (χ0) is 12.3. The fraction of sp³-hybridized carbons (Fsp3) is 0.667. The molecule has 2 atom stereocenters. The SMILES string of the molecule is COc1cc(NCC2CCCC2O)nc(C)n1. The monoisotopic (exact) mass is 237 g/mol. The van der Waals surface area contributed by atoms with E-state index in [0.29, 0.717) is 17.6 Å². The Bertz CT molecular complexity index is 384. The van der Waals surface area contributed by atoms with Crippen LogP contribution >= 0.6 is 0 Å². The average molecular weight is 237 g/mol. The highest BCUT2D eigenvalue weighted by molar-refractivity contribution is 5.38. The molecule has 0 saturated heterocycles. The van der Waals surface area contributed by atoms with Crippen LogP contribution in [0.25, 0.3) is 0 Å². The molecule has 1 aromatic rings. The van der Waals surface area contributed by atoms with Gasteiger partial charge in [0.15, 0.2) is 0 Å². The van der Waals surface area contributed by atoms with Gasteiger partial charge in [-0.25, -0.2) is 4.98 Å². The van der Waals surface area contributed by atoms with Gasteiger partial charge in [0, 0.05) is 18.5 Å². The number of aliphatic hydroxyl groups excluding tert-OH is 1. The zero-order valence-corrected chi connectivity index (χ0v) is 10.3. The molecule has 94 valence electrons. The lowest BCUT2D eigenvalue weighted by Gasteiger charge is -2.15. The molecule has 1 heterocycles. The molecule has 1 aromatic heterocycles. The fourth-order valence-corrected chi connectivity index (χ4v) is 2.23. The zero-order valence-electron chi connectivity index (χ0n) is 10.3. The molecule has 0 aliphatic heterocycles. The number of rotatable bonds is 4. The first-order valence-corrected chi connectivity index (χ1v) is 6.00. The Morgan fingerprint density at radius 2 is 2.29 bits per heavy atom. The Labute approximate surface area is 101 Å². The minimum Gasteiger partial charge on any atom is -0.481 e. The van der Waals surface area contributed by atoms with Gasteiger partial charge in [0.25, 0.3) is 0 Å². The summed E-state index contributed by atoms with van der Waals surface area (Å²) in [5.41, 5.74) is 0. The lowest BCUT2D eigenvalue weighted by atomic mass is 10.1. The third-order valence-corrected chi connectivity index (χ3v) is 3.19. The number of hydrogen-bond acceptors (Lipinski definition) is 5. The Kier molecular flexibility index (Phi) is 3.78. The van der Waals surface area contributed by atoms with E-state index in [1.807, 2.05) is 6.92 Å². The first-order valence-electron chi connectivity index (χ1n) is 6.00. The van der Waals surface area contributed by atoms with Gasteiger partial charge < -0.3 is 15.2 Å². The van der Waals surface area contributed by atoms with Gasteiger partial charge in [-0.15, -0.1) is 0 Å². The summed E-state index contributed by atoms with van der Waals surface area (Å²) in [6.07, 6.45) is 2.93. The molecule has 1 fully saturated rings. The van der Waals surface area contributed by atoms with E-state index in [-0.39, 0.29) is 6.10 Å². The molecule has 5 heteroatoms. The topological polar surface area (TPSA) is 67.3 Å². The number of anilines is 1. The van der Waals surface area contributed by atoms with Crippen molar-refractivity contribution in [3.05, 3.63) is 11.9 Å². The summed E-state index contributed by atoms with van der Waals surface area (Å²) < 4.78 is 5.09. The number of methoxy groups -OCH3 is 1. The van der Waals surface area contributed by atoms with Gasteiger partial charge in [-0.1, -0.05) is 6.42 Å². The second kappa shape index (κ2) is 5.31. The number of aliphatic hydroxyl groups is 1. The van der Waals surface area contributed by atoms with Crippen molar-refractivity contribution in [2.75, 3.05) is 19.0 Å². The second-order valence-corrected chi connectivity index (χ2v) is 4.48. The van der Waals surface area contributed by atoms with Gasteiger partial charge in [0.05, 0.1) is 13.2 Å². The Morgan fingerprint density at radius 1 is 1.47 bits per heavy atom. The molecule has 0 spiro atoms. The van der Waals surface area contributed by atoms with Gasteiger partial charge in [0.1, 0.15) is 11.6 Å². The van der Waals surface area contributed by atoms with Crippen LogP contribution in [0.3, 0.4) is 0 Å². The third-order valence-electron chi connectivity index (χ3n) is 3.19. The fourth-order valence-electron chi connectivity index (χ4n) is 2.23. The largest absolute Gasteiger partial charge is 0.481 e. The molecule has 0 bridgehead atoms. The van der Waals surface area contributed by atoms with Crippen molar-refractivity contribution < 1.29 is 9.84 Å². The van der Waals surface area contributed by atoms with Gasteiger partial charge >= 0.3 is 0 Å². The summed E-state index contributed by atoms with van der Waals surface area (Å²) in [6.45, 7) is 2.58. The molecule has 0 amide bonds. The van der Waals surface area contributed by atoms with Crippen LogP contribution in [0, 0.1) is 12.8 Å². The molecular formula is C12H19N3O2. The van der Waals surface area contributed by atoms with E-state index >= 15 is 0 Å². The summed E-state index contributed by atoms with van der Waals surface area (Å²) in [5, 5.41) is 13.0. The van der Waals surface area contributed by atoms with Crippen molar-refractivity contribution in [2.24, 2.45) is 5.92 Å². The number of nitrogens with one attached hydrogen (secondary N) is 1. The van der Waals surface area contributed by atoms with Crippen LogP contribution in [0.1, 0.15) is 25.1 Å². The molecule has 1 aliphatic carbocycles. The Balaban J connectivity index is 1.96. The van der Waals surface area contributed by atoms with Gasteiger partial charge in [0.2, 0.25) is 5.88 Å². The van der Waals surface area contributed by atoms with E-state index in [2.05, 4.69) is 15.3 Å². The van der Waals surface area contributed by atoms with Crippen LogP contribution in [0.5, 0.6) is 5.88 Å². The van der Waals surface area contributed by atoms with Crippen LogP contribution in [0.4, 0.5) is 5.82 Å². The highest BCUT2D eigenvalue weighted by Gasteiger charge is 2.24. The lowest BCUT2D eigenvalue weighted by molar-refractivity contribution is 0.138. The van der Waals surface area contributed by atoms with Gasteiger partial charge in [-0.05, 0) is 19.8 Å². The number of aryl methyl sites for hydroxylation is 1. The van der Waals surface area contributed by atoms with Crippen LogP contribution in [0.2, 0.25) is 0 Å². The number of nitrogens with zero attached hydrogens (tertiary/aromatic N) is 2. The molecule has 17 heavy (non-hydrogen) atoms. The molecule has 0 aromatic carbocycles. The smallest absolute Gasteiger partial charge is 0.218 e. The number of aromatic nitrogens is 2. The molecule has 2 unspecified atom stereocenters. The summed E-state index contributed by atoms with van der Waals surface area (Å²) in [4.78, 5) is 8.41. The molecule has 1 saturated carbocycles. The first-order chi connectivity index (χ1) is 8.19. The Hall–Kier alpha value is -1.36. The predicted octanol–water partition coefficient (Wildman–Crippen LogP) is 1.37. The van der Waals surface area contributed by atoms with Crippen LogP contribution in [0.15, 0.2) is 6.07 Å². The summed E-state index contributed by atoms with van der Waals surface area (Å²) in [7, 11) is 1.59. The van der Waals surface area contributed by atoms with Crippen molar-refractivity contribution in [3.63, 3.8) is 0 Å². The molecular weight excluding hydrogens is 218 g/mol. The predicted molar refractivity (Wildman–Crippen MR) is 65.2 cm³/mol. The number of ether oxygens (including phenoxy) is 1. The standard InChI is InChI=1S/C12H19N3O2/c1-8-14-11(6-12(15-8)17-2)13-7-9-4-3-5-10(9)16/h6,9-10,16H,3-5,7H2,1-2H3,(H,13,14,15). The third kappa shape index (κ3) is 3.06. The highest BCUT2D eigenvalue weighted by Crippen LogP contribution is 2.25. The van der Waals surface area contributed by atoms with E-state index < -0.39 is 0 Å². The number of hydrogen-bond donors (Lipinski definition) is 2. The quantitative estimate of drug-likeness (QED) is 0.827.